The third-order valence-electron chi connectivity index (χ3n) is 3.98. The quantitative estimate of drug-likeness (QED) is 0.796. The summed E-state index contributed by atoms with van der Waals surface area (Å²) in [7, 11) is 1.69. The average molecular weight is 347 g/mol. The van der Waals surface area contributed by atoms with E-state index in [-0.39, 0.29) is 0 Å². The van der Waals surface area contributed by atoms with E-state index in [1.54, 1.807) is 7.11 Å². The highest BCUT2D eigenvalue weighted by atomic mass is 79.9. The lowest BCUT2D eigenvalue weighted by Crippen LogP contribution is -2.33. The third-order valence-corrected chi connectivity index (χ3v) is 4.79. The monoisotopic (exact) mass is 345 g/mol. The van der Waals surface area contributed by atoms with E-state index in [0.717, 1.165) is 21.8 Å². The molecule has 0 radical (unpaired) electrons. The van der Waals surface area contributed by atoms with Crippen molar-refractivity contribution in [3.63, 3.8) is 0 Å². The standard InChI is InChI=1S/C15H21BrClNO/c1-9-4-5-13(10(2)6-9)18-14-8-11(17)7-12(16)15(14)19-3/h7-10,13,18H,4-6H2,1-3H3. The molecule has 0 amide bonds. The Bertz CT molecular complexity index is 452. The van der Waals surface area contributed by atoms with Crippen LogP contribution in [0.3, 0.4) is 0 Å². The van der Waals surface area contributed by atoms with Gasteiger partial charge in [0.15, 0.2) is 5.75 Å². The van der Waals surface area contributed by atoms with Crippen LogP contribution >= 0.6 is 27.5 Å². The largest absolute Gasteiger partial charge is 0.493 e. The second-order valence-corrected chi connectivity index (χ2v) is 6.91. The minimum Gasteiger partial charge on any atom is -0.493 e. The molecular weight excluding hydrogens is 326 g/mol. The SMILES string of the molecule is COc1c(Br)cc(Cl)cc1NC1CCC(C)CC1C. The molecule has 4 heteroatoms. The maximum absolute atomic E-state index is 6.13. The number of benzene rings is 1. The molecule has 2 rings (SSSR count). The van der Waals surface area contributed by atoms with E-state index in [9.17, 15) is 0 Å². The zero-order valence-electron chi connectivity index (χ0n) is 11.7. The van der Waals surface area contributed by atoms with Gasteiger partial charge in [0, 0.05) is 11.1 Å². The first kappa shape index (κ1) is 15.0. The number of ether oxygens (including phenoxy) is 1. The van der Waals surface area contributed by atoms with Gasteiger partial charge in [-0.05, 0) is 59.2 Å². The number of hydrogen-bond donors (Lipinski definition) is 1. The van der Waals surface area contributed by atoms with E-state index in [2.05, 4.69) is 35.1 Å². The van der Waals surface area contributed by atoms with Gasteiger partial charge in [-0.1, -0.05) is 25.4 Å². The van der Waals surface area contributed by atoms with Crippen molar-refractivity contribution in [3.8, 4) is 5.75 Å². The third kappa shape index (κ3) is 3.57. The second kappa shape index (κ2) is 6.36. The van der Waals surface area contributed by atoms with Gasteiger partial charge in [0.1, 0.15) is 0 Å². The summed E-state index contributed by atoms with van der Waals surface area (Å²) in [6, 6.07) is 4.30. The summed E-state index contributed by atoms with van der Waals surface area (Å²) in [5.41, 5.74) is 0.980. The minimum atomic E-state index is 0.496. The van der Waals surface area contributed by atoms with Gasteiger partial charge in [-0.15, -0.1) is 0 Å². The van der Waals surface area contributed by atoms with Gasteiger partial charge in [-0.3, -0.25) is 0 Å². The Morgan fingerprint density at radius 2 is 2.05 bits per heavy atom. The molecule has 19 heavy (non-hydrogen) atoms. The number of anilines is 1. The second-order valence-electron chi connectivity index (χ2n) is 5.61. The molecular formula is C15H21BrClNO. The lowest BCUT2D eigenvalue weighted by molar-refractivity contribution is 0.276. The molecule has 0 saturated heterocycles. The number of hydrogen-bond acceptors (Lipinski definition) is 2. The Labute approximate surface area is 129 Å². The fraction of sp³-hybridized carbons (Fsp3) is 0.600. The van der Waals surface area contributed by atoms with Crippen molar-refractivity contribution in [1.29, 1.82) is 0 Å². The molecule has 1 aromatic carbocycles. The van der Waals surface area contributed by atoms with E-state index in [1.165, 1.54) is 19.3 Å². The van der Waals surface area contributed by atoms with Gasteiger partial charge >= 0.3 is 0 Å². The molecule has 1 saturated carbocycles. The fourth-order valence-corrected chi connectivity index (χ4v) is 3.93. The molecule has 1 aliphatic rings. The highest BCUT2D eigenvalue weighted by molar-refractivity contribution is 9.10. The van der Waals surface area contributed by atoms with Crippen molar-refractivity contribution in [2.75, 3.05) is 12.4 Å². The normalized spacial score (nSPS) is 27.1. The van der Waals surface area contributed by atoms with Gasteiger partial charge in [-0.25, -0.2) is 0 Å². The topological polar surface area (TPSA) is 21.3 Å². The van der Waals surface area contributed by atoms with Crippen LogP contribution in [-0.2, 0) is 0 Å². The summed E-state index contributed by atoms with van der Waals surface area (Å²) < 4.78 is 6.35. The van der Waals surface area contributed by atoms with Gasteiger partial charge in [-0.2, -0.15) is 0 Å². The highest BCUT2D eigenvalue weighted by Gasteiger charge is 2.26. The molecule has 1 fully saturated rings. The summed E-state index contributed by atoms with van der Waals surface area (Å²) >= 11 is 9.63. The Hall–Kier alpha value is -0.410. The van der Waals surface area contributed by atoms with Crippen LogP contribution in [-0.4, -0.2) is 13.2 Å². The van der Waals surface area contributed by atoms with Crippen LogP contribution < -0.4 is 10.1 Å². The van der Waals surface area contributed by atoms with Crippen molar-refractivity contribution in [2.45, 2.75) is 39.2 Å². The predicted molar refractivity (Wildman–Crippen MR) is 85.3 cm³/mol. The molecule has 3 unspecified atom stereocenters. The Morgan fingerprint density at radius 1 is 1.32 bits per heavy atom. The molecule has 1 N–H and O–H groups in total. The molecule has 0 heterocycles. The highest BCUT2D eigenvalue weighted by Crippen LogP contribution is 2.39. The van der Waals surface area contributed by atoms with Gasteiger partial charge in [0.25, 0.3) is 0 Å². The molecule has 106 valence electrons. The van der Waals surface area contributed by atoms with Crippen LogP contribution in [0, 0.1) is 11.8 Å². The first-order valence-corrected chi connectivity index (χ1v) is 7.98. The maximum atomic E-state index is 6.13. The van der Waals surface area contributed by atoms with Crippen LogP contribution in [0.5, 0.6) is 5.75 Å². The molecule has 0 bridgehead atoms. The predicted octanol–water partition coefficient (Wildman–Crippen LogP) is 5.35. The molecule has 3 atom stereocenters. The lowest BCUT2D eigenvalue weighted by atomic mass is 9.80. The Kier molecular flexibility index (Phi) is 5.02. The summed E-state index contributed by atoms with van der Waals surface area (Å²) in [5, 5.41) is 4.33. The first-order chi connectivity index (χ1) is 9.01. The zero-order chi connectivity index (χ0) is 14.0. The van der Waals surface area contributed by atoms with E-state index in [1.807, 2.05) is 12.1 Å². The van der Waals surface area contributed by atoms with Gasteiger partial charge in [0.2, 0.25) is 0 Å². The first-order valence-electron chi connectivity index (χ1n) is 6.80. The van der Waals surface area contributed by atoms with Crippen LogP contribution in [0.1, 0.15) is 33.1 Å². The number of methoxy groups -OCH3 is 1. The lowest BCUT2D eigenvalue weighted by Gasteiger charge is -2.34. The van der Waals surface area contributed by atoms with Crippen LogP contribution in [0.15, 0.2) is 16.6 Å². The van der Waals surface area contributed by atoms with Crippen molar-refractivity contribution >= 4 is 33.2 Å². The van der Waals surface area contributed by atoms with Crippen molar-refractivity contribution < 1.29 is 4.74 Å². The van der Waals surface area contributed by atoms with Gasteiger partial charge in [0.05, 0.1) is 17.3 Å². The fourth-order valence-electron chi connectivity index (χ4n) is 2.95. The van der Waals surface area contributed by atoms with Crippen LogP contribution in [0.25, 0.3) is 0 Å². The van der Waals surface area contributed by atoms with Crippen molar-refractivity contribution in [3.05, 3.63) is 21.6 Å². The molecule has 2 nitrogen and oxygen atoms in total. The molecule has 0 aliphatic heterocycles. The zero-order valence-corrected chi connectivity index (χ0v) is 14.0. The molecule has 1 aromatic rings. The van der Waals surface area contributed by atoms with E-state index < -0.39 is 0 Å². The van der Waals surface area contributed by atoms with E-state index >= 15 is 0 Å². The summed E-state index contributed by atoms with van der Waals surface area (Å²) in [4.78, 5) is 0. The van der Waals surface area contributed by atoms with E-state index in [0.29, 0.717) is 17.0 Å². The van der Waals surface area contributed by atoms with Crippen LogP contribution in [0.2, 0.25) is 5.02 Å². The van der Waals surface area contributed by atoms with Gasteiger partial charge < -0.3 is 10.1 Å². The average Bonchev–Trinajstić information content (AvgIpc) is 2.32. The van der Waals surface area contributed by atoms with Crippen LogP contribution in [0.4, 0.5) is 5.69 Å². The smallest absolute Gasteiger partial charge is 0.156 e. The Morgan fingerprint density at radius 3 is 2.68 bits per heavy atom. The summed E-state index contributed by atoms with van der Waals surface area (Å²) in [6.07, 6.45) is 3.77. The van der Waals surface area contributed by atoms with Crippen molar-refractivity contribution in [2.24, 2.45) is 11.8 Å². The molecule has 0 spiro atoms. The minimum absolute atomic E-state index is 0.496. The van der Waals surface area contributed by atoms with Crippen molar-refractivity contribution in [1.82, 2.24) is 0 Å². The number of rotatable bonds is 3. The Balaban J connectivity index is 2.18. The maximum Gasteiger partial charge on any atom is 0.156 e. The summed E-state index contributed by atoms with van der Waals surface area (Å²) in [5.74, 6) is 2.34. The number of halogens is 2. The molecule has 0 aromatic heterocycles. The summed E-state index contributed by atoms with van der Waals surface area (Å²) in [6.45, 7) is 4.66. The molecule has 1 aliphatic carbocycles. The number of nitrogens with one attached hydrogen (secondary N) is 1. The van der Waals surface area contributed by atoms with E-state index in [4.69, 9.17) is 16.3 Å².